The van der Waals surface area contributed by atoms with Gasteiger partial charge in [0.25, 0.3) is 0 Å². The molecule has 0 saturated carbocycles. The number of rotatable bonds is 10. The van der Waals surface area contributed by atoms with Crippen molar-refractivity contribution in [1.29, 1.82) is 0 Å². The molecule has 1 heterocycles. The maximum atomic E-state index is 13.0. The Morgan fingerprint density at radius 2 is 1.45 bits per heavy atom. The van der Waals surface area contributed by atoms with Gasteiger partial charge in [-0.15, -0.1) is 0 Å². The molecule has 1 unspecified atom stereocenters. The summed E-state index contributed by atoms with van der Waals surface area (Å²) in [7, 11) is 1.06. The van der Waals surface area contributed by atoms with Crippen LogP contribution >= 0.6 is 0 Å². The number of nitrogens with one attached hydrogen (secondary N) is 1. The van der Waals surface area contributed by atoms with Crippen LogP contribution in [-0.4, -0.2) is 51.1 Å². The Morgan fingerprint density at radius 1 is 0.903 bits per heavy atom. The first kappa shape index (κ1) is 24.7. The van der Waals surface area contributed by atoms with Crippen molar-refractivity contribution in [2.75, 3.05) is 26.6 Å². The van der Waals surface area contributed by atoms with Crippen molar-refractivity contribution in [3.8, 4) is 17.2 Å². The van der Waals surface area contributed by atoms with Crippen molar-refractivity contribution in [2.45, 2.75) is 57.6 Å². The van der Waals surface area contributed by atoms with Gasteiger partial charge < -0.3 is 19.5 Å². The molecular weight excluding hydrogens is 418 g/mol. The summed E-state index contributed by atoms with van der Waals surface area (Å²) in [5, 5.41) is 3.28. The minimum absolute atomic E-state index is 0.147. The first-order valence-electron chi connectivity index (χ1n) is 10.1. The van der Waals surface area contributed by atoms with E-state index in [1.54, 1.807) is 33.5 Å². The van der Waals surface area contributed by atoms with E-state index in [1.165, 1.54) is 10.5 Å². The first-order chi connectivity index (χ1) is 14.6. The van der Waals surface area contributed by atoms with Crippen LogP contribution in [0.15, 0.2) is 35.4 Å². The quantitative estimate of drug-likeness (QED) is 0.582. The molecule has 0 aliphatic carbocycles. The van der Waals surface area contributed by atoms with Gasteiger partial charge in [0, 0.05) is 18.3 Å². The number of hydrogen-bond acceptors (Lipinski definition) is 7. The van der Waals surface area contributed by atoms with Crippen LogP contribution in [0.5, 0.6) is 17.2 Å². The summed E-state index contributed by atoms with van der Waals surface area (Å²) in [5.74, 6) is 2.19. The molecule has 0 fully saturated rings. The van der Waals surface area contributed by atoms with E-state index in [4.69, 9.17) is 14.2 Å². The second-order valence-corrected chi connectivity index (χ2v) is 9.57. The predicted octanol–water partition coefficient (Wildman–Crippen LogP) is 4.09. The summed E-state index contributed by atoms with van der Waals surface area (Å²) in [6.45, 7) is 9.41. The zero-order valence-corrected chi connectivity index (χ0v) is 20.3. The number of sulfonamides is 1. The molecule has 0 saturated heterocycles. The Balaban J connectivity index is 2.27. The molecule has 2 aromatic rings. The number of pyridine rings is 1. The molecule has 1 aromatic heterocycles. The monoisotopic (exact) mass is 451 g/mol. The Hall–Kier alpha value is -2.52. The lowest BCUT2D eigenvalue weighted by Crippen LogP contribution is -2.41. The van der Waals surface area contributed by atoms with Gasteiger partial charge in [-0.1, -0.05) is 0 Å². The fraction of sp³-hybridized carbons (Fsp3) is 0.500. The van der Waals surface area contributed by atoms with Gasteiger partial charge in [0.15, 0.2) is 11.5 Å². The van der Waals surface area contributed by atoms with Crippen molar-refractivity contribution >= 4 is 15.8 Å². The van der Waals surface area contributed by atoms with Crippen molar-refractivity contribution < 1.29 is 22.6 Å². The predicted molar refractivity (Wildman–Crippen MR) is 122 cm³/mol. The van der Waals surface area contributed by atoms with E-state index in [-0.39, 0.29) is 23.0 Å². The van der Waals surface area contributed by atoms with Gasteiger partial charge in [0.1, 0.15) is 10.7 Å². The highest BCUT2D eigenvalue weighted by Gasteiger charge is 2.29. The Morgan fingerprint density at radius 3 is 1.84 bits per heavy atom. The zero-order chi connectivity index (χ0) is 23.3. The molecule has 2 rings (SSSR count). The zero-order valence-electron chi connectivity index (χ0n) is 19.5. The lowest BCUT2D eigenvalue weighted by Gasteiger charge is -2.29. The van der Waals surface area contributed by atoms with Gasteiger partial charge >= 0.3 is 0 Å². The van der Waals surface area contributed by atoms with Gasteiger partial charge in [-0.05, 0) is 64.4 Å². The van der Waals surface area contributed by atoms with Crippen LogP contribution in [0.1, 0.15) is 46.2 Å². The van der Waals surface area contributed by atoms with Crippen LogP contribution in [0.25, 0.3) is 0 Å². The van der Waals surface area contributed by atoms with Gasteiger partial charge in [0.2, 0.25) is 15.8 Å². The first-order valence-corrected chi connectivity index (χ1v) is 11.6. The molecule has 0 aliphatic rings. The number of methoxy groups -OCH3 is 3. The van der Waals surface area contributed by atoms with Gasteiger partial charge in [0.05, 0.1) is 27.4 Å². The Kier molecular flexibility index (Phi) is 8.14. The van der Waals surface area contributed by atoms with E-state index >= 15 is 0 Å². The van der Waals surface area contributed by atoms with Crippen molar-refractivity contribution in [1.82, 2.24) is 9.29 Å². The van der Waals surface area contributed by atoms with Crippen molar-refractivity contribution in [3.05, 3.63) is 36.0 Å². The van der Waals surface area contributed by atoms with E-state index in [0.717, 1.165) is 5.56 Å². The molecule has 9 heteroatoms. The third-order valence-corrected chi connectivity index (χ3v) is 7.12. The molecule has 0 spiro atoms. The second kappa shape index (κ2) is 10.2. The number of anilines is 1. The molecule has 172 valence electrons. The largest absolute Gasteiger partial charge is 0.493 e. The maximum absolute atomic E-state index is 13.0. The minimum atomic E-state index is -3.63. The van der Waals surface area contributed by atoms with Crippen LogP contribution in [0, 0.1) is 0 Å². The normalized spacial score (nSPS) is 12.9. The van der Waals surface area contributed by atoms with E-state index in [2.05, 4.69) is 10.3 Å². The molecular formula is C22H33N3O5S. The minimum Gasteiger partial charge on any atom is -0.493 e. The molecule has 1 N–H and O–H groups in total. The number of hydrogen-bond donors (Lipinski definition) is 1. The summed E-state index contributed by atoms with van der Waals surface area (Å²) >= 11 is 0. The fourth-order valence-electron chi connectivity index (χ4n) is 3.55. The highest BCUT2D eigenvalue weighted by Crippen LogP contribution is 2.40. The van der Waals surface area contributed by atoms with Crippen molar-refractivity contribution in [2.24, 2.45) is 0 Å². The lowest BCUT2D eigenvalue weighted by molar-refractivity contribution is 0.302. The Labute approximate surface area is 185 Å². The summed E-state index contributed by atoms with van der Waals surface area (Å²) < 4.78 is 43.7. The molecule has 0 amide bonds. The molecule has 31 heavy (non-hydrogen) atoms. The van der Waals surface area contributed by atoms with Crippen LogP contribution in [0.4, 0.5) is 5.82 Å². The van der Waals surface area contributed by atoms with E-state index in [9.17, 15) is 8.42 Å². The van der Waals surface area contributed by atoms with Crippen molar-refractivity contribution in [3.63, 3.8) is 0 Å². The third-order valence-electron chi connectivity index (χ3n) is 4.88. The maximum Gasteiger partial charge on any atom is 0.245 e. The highest BCUT2D eigenvalue weighted by molar-refractivity contribution is 7.89. The van der Waals surface area contributed by atoms with Gasteiger partial charge in [-0.2, -0.15) is 4.31 Å². The number of aromatic nitrogens is 1. The number of ether oxygens (including phenoxy) is 3. The third kappa shape index (κ3) is 5.40. The molecule has 0 radical (unpaired) electrons. The van der Waals surface area contributed by atoms with Crippen LogP contribution in [0.3, 0.4) is 0 Å². The summed E-state index contributed by atoms with van der Waals surface area (Å²) in [5.41, 5.74) is 0.902. The molecule has 0 aliphatic heterocycles. The number of benzene rings is 1. The Bertz CT molecular complexity index is 942. The average molecular weight is 452 g/mol. The molecule has 1 atom stereocenters. The van der Waals surface area contributed by atoms with Crippen LogP contribution in [0.2, 0.25) is 0 Å². The second-order valence-electron chi connectivity index (χ2n) is 7.73. The standard InChI is InChI=1S/C22H33N3O5S/c1-14(2)25(15(3)4)31(26,27)18-9-10-21(23-13-18)24-16(5)17-11-19(28-6)22(30-8)20(12-17)29-7/h9-16H,1-8H3,(H,23,24). The summed E-state index contributed by atoms with van der Waals surface area (Å²) in [4.78, 5) is 4.49. The fourth-order valence-corrected chi connectivity index (χ4v) is 5.33. The average Bonchev–Trinajstić information content (AvgIpc) is 2.71. The number of nitrogens with zero attached hydrogens (tertiary/aromatic N) is 2. The lowest BCUT2D eigenvalue weighted by atomic mass is 10.1. The molecule has 8 nitrogen and oxygen atoms in total. The topological polar surface area (TPSA) is 90.0 Å². The van der Waals surface area contributed by atoms with Gasteiger partial charge in [-0.3, -0.25) is 0 Å². The van der Waals surface area contributed by atoms with Crippen LogP contribution < -0.4 is 19.5 Å². The molecule has 1 aromatic carbocycles. The van der Waals surface area contributed by atoms with E-state index < -0.39 is 10.0 Å². The van der Waals surface area contributed by atoms with Crippen LogP contribution in [-0.2, 0) is 10.0 Å². The van der Waals surface area contributed by atoms with E-state index in [1.807, 2.05) is 46.8 Å². The van der Waals surface area contributed by atoms with E-state index in [0.29, 0.717) is 23.1 Å². The SMILES string of the molecule is COc1cc(C(C)Nc2ccc(S(=O)(=O)N(C(C)C)C(C)C)cn2)cc(OC)c1OC. The highest BCUT2D eigenvalue weighted by atomic mass is 32.2. The smallest absolute Gasteiger partial charge is 0.245 e. The molecule has 0 bridgehead atoms. The summed E-state index contributed by atoms with van der Waals surface area (Å²) in [6, 6.07) is 6.52. The summed E-state index contributed by atoms with van der Waals surface area (Å²) in [6.07, 6.45) is 1.39. The van der Waals surface area contributed by atoms with Gasteiger partial charge in [-0.25, -0.2) is 13.4 Å².